The van der Waals surface area contributed by atoms with Crippen LogP contribution in [0.3, 0.4) is 0 Å². The fraction of sp³-hybridized carbons (Fsp3) is 0.235. The number of carbonyl (C=O) groups excluding carboxylic acids is 1. The SMILES string of the molecule is CCS(=O)(=O)c1ccc(NS(=O)(=O)c2cc(C(=O)OC)ccc2C)cc1. The molecule has 1 N–H and O–H groups in total. The molecule has 0 aromatic heterocycles. The molecule has 0 radical (unpaired) electrons. The Morgan fingerprint density at radius 3 is 2.19 bits per heavy atom. The molecule has 0 fully saturated rings. The Morgan fingerprint density at radius 1 is 1.04 bits per heavy atom. The fourth-order valence-electron chi connectivity index (χ4n) is 2.24. The van der Waals surface area contributed by atoms with Crippen LogP contribution in [0.1, 0.15) is 22.8 Å². The first-order valence-electron chi connectivity index (χ1n) is 7.65. The van der Waals surface area contributed by atoms with E-state index in [1.54, 1.807) is 6.92 Å². The van der Waals surface area contributed by atoms with Gasteiger partial charge in [0.15, 0.2) is 9.84 Å². The molecular weight excluding hydrogens is 378 g/mol. The average molecular weight is 397 g/mol. The summed E-state index contributed by atoms with van der Waals surface area (Å²) < 4.78 is 55.9. The summed E-state index contributed by atoms with van der Waals surface area (Å²) in [5.41, 5.74) is 0.779. The van der Waals surface area contributed by atoms with E-state index >= 15 is 0 Å². The highest BCUT2D eigenvalue weighted by atomic mass is 32.2. The molecule has 26 heavy (non-hydrogen) atoms. The van der Waals surface area contributed by atoms with E-state index in [2.05, 4.69) is 9.46 Å². The lowest BCUT2D eigenvalue weighted by molar-refractivity contribution is 0.0600. The van der Waals surface area contributed by atoms with Gasteiger partial charge in [-0.05, 0) is 48.9 Å². The van der Waals surface area contributed by atoms with E-state index in [1.165, 1.54) is 56.5 Å². The summed E-state index contributed by atoms with van der Waals surface area (Å²) in [6.45, 7) is 3.13. The van der Waals surface area contributed by atoms with E-state index in [0.29, 0.717) is 5.56 Å². The number of anilines is 1. The molecule has 0 heterocycles. The van der Waals surface area contributed by atoms with Gasteiger partial charge in [0.25, 0.3) is 10.0 Å². The molecule has 0 spiro atoms. The first-order valence-corrected chi connectivity index (χ1v) is 10.8. The maximum atomic E-state index is 12.6. The Hall–Kier alpha value is -2.39. The number of benzene rings is 2. The summed E-state index contributed by atoms with van der Waals surface area (Å²) in [7, 11) is -6.12. The summed E-state index contributed by atoms with van der Waals surface area (Å²) in [5, 5.41) is 0. The summed E-state index contributed by atoms with van der Waals surface area (Å²) in [6, 6.07) is 9.66. The number of nitrogens with one attached hydrogen (secondary N) is 1. The van der Waals surface area contributed by atoms with Crippen molar-refractivity contribution in [1.82, 2.24) is 0 Å². The molecule has 2 aromatic rings. The summed E-state index contributed by atoms with van der Waals surface area (Å²) in [6.07, 6.45) is 0. The molecule has 2 rings (SSSR count). The van der Waals surface area contributed by atoms with Gasteiger partial charge in [-0.25, -0.2) is 21.6 Å². The van der Waals surface area contributed by atoms with E-state index in [1.807, 2.05) is 0 Å². The van der Waals surface area contributed by atoms with Gasteiger partial charge in [0, 0.05) is 5.69 Å². The van der Waals surface area contributed by atoms with Crippen molar-refractivity contribution < 1.29 is 26.4 Å². The monoisotopic (exact) mass is 397 g/mol. The summed E-state index contributed by atoms with van der Waals surface area (Å²) >= 11 is 0. The number of aryl methyl sites for hydroxylation is 1. The number of sulfone groups is 1. The van der Waals surface area contributed by atoms with Crippen molar-refractivity contribution in [3.05, 3.63) is 53.6 Å². The van der Waals surface area contributed by atoms with Crippen LogP contribution in [0.15, 0.2) is 52.3 Å². The number of ether oxygens (including phenoxy) is 1. The third-order valence-corrected chi connectivity index (χ3v) is 7.02. The molecule has 2 aromatic carbocycles. The Kier molecular flexibility index (Phi) is 5.72. The van der Waals surface area contributed by atoms with Crippen molar-refractivity contribution in [2.75, 3.05) is 17.6 Å². The quantitative estimate of drug-likeness (QED) is 0.750. The van der Waals surface area contributed by atoms with Crippen molar-refractivity contribution in [3.63, 3.8) is 0 Å². The van der Waals surface area contributed by atoms with E-state index in [-0.39, 0.29) is 26.8 Å². The molecule has 140 valence electrons. The lowest BCUT2D eigenvalue weighted by Gasteiger charge is -2.12. The third-order valence-electron chi connectivity index (χ3n) is 3.74. The normalized spacial score (nSPS) is 11.8. The smallest absolute Gasteiger partial charge is 0.337 e. The van der Waals surface area contributed by atoms with E-state index in [9.17, 15) is 21.6 Å². The van der Waals surface area contributed by atoms with Crippen LogP contribution in [0.5, 0.6) is 0 Å². The molecule has 0 bridgehead atoms. The highest BCUT2D eigenvalue weighted by Gasteiger charge is 2.20. The zero-order valence-electron chi connectivity index (χ0n) is 14.5. The number of methoxy groups -OCH3 is 1. The molecular formula is C17H19NO6S2. The molecule has 0 amide bonds. The van der Waals surface area contributed by atoms with Gasteiger partial charge in [-0.2, -0.15) is 0 Å². The van der Waals surface area contributed by atoms with E-state index in [0.717, 1.165) is 0 Å². The third kappa shape index (κ3) is 4.23. The number of sulfonamides is 1. The van der Waals surface area contributed by atoms with Crippen LogP contribution in [0.2, 0.25) is 0 Å². The average Bonchev–Trinajstić information content (AvgIpc) is 2.61. The maximum Gasteiger partial charge on any atom is 0.337 e. The number of hydrogen-bond donors (Lipinski definition) is 1. The Balaban J connectivity index is 2.36. The lowest BCUT2D eigenvalue weighted by Crippen LogP contribution is -2.15. The Labute approximate surface area is 153 Å². The predicted octanol–water partition coefficient (Wildman–Crippen LogP) is 2.38. The molecule has 9 heteroatoms. The minimum atomic E-state index is -3.97. The molecule has 7 nitrogen and oxygen atoms in total. The van der Waals surface area contributed by atoms with Crippen LogP contribution < -0.4 is 4.72 Å². The highest BCUT2D eigenvalue weighted by molar-refractivity contribution is 7.92. The van der Waals surface area contributed by atoms with Crippen LogP contribution in [0.4, 0.5) is 5.69 Å². The van der Waals surface area contributed by atoms with Crippen LogP contribution in [-0.4, -0.2) is 35.7 Å². The fourth-order valence-corrected chi connectivity index (χ4v) is 4.46. The van der Waals surface area contributed by atoms with Crippen molar-refractivity contribution in [3.8, 4) is 0 Å². The van der Waals surface area contributed by atoms with Crippen molar-refractivity contribution >= 4 is 31.5 Å². The second-order valence-electron chi connectivity index (χ2n) is 5.51. The van der Waals surface area contributed by atoms with Gasteiger partial charge in [0.05, 0.1) is 28.2 Å². The van der Waals surface area contributed by atoms with Crippen LogP contribution >= 0.6 is 0 Å². The maximum absolute atomic E-state index is 12.6. The van der Waals surface area contributed by atoms with Crippen molar-refractivity contribution in [1.29, 1.82) is 0 Å². The first-order chi connectivity index (χ1) is 12.1. The predicted molar refractivity (Wildman–Crippen MR) is 97.5 cm³/mol. The number of carbonyl (C=O) groups is 1. The number of hydrogen-bond acceptors (Lipinski definition) is 6. The molecule has 0 unspecified atom stereocenters. The van der Waals surface area contributed by atoms with Gasteiger partial charge in [0.2, 0.25) is 0 Å². The van der Waals surface area contributed by atoms with E-state index in [4.69, 9.17) is 0 Å². The topological polar surface area (TPSA) is 107 Å². The standard InChI is InChI=1S/C17H19NO6S2/c1-4-25(20,21)15-9-7-14(8-10-15)18-26(22,23)16-11-13(17(19)24-3)6-5-12(16)2/h5-11,18H,4H2,1-3H3. The second kappa shape index (κ2) is 7.46. The second-order valence-corrected chi connectivity index (χ2v) is 9.43. The van der Waals surface area contributed by atoms with Crippen LogP contribution in [-0.2, 0) is 24.6 Å². The first kappa shape index (κ1) is 19.9. The minimum absolute atomic E-state index is 0.0441. The van der Waals surface area contributed by atoms with Crippen LogP contribution in [0.25, 0.3) is 0 Å². The van der Waals surface area contributed by atoms with Gasteiger partial charge in [0.1, 0.15) is 0 Å². The molecule has 0 aliphatic carbocycles. The minimum Gasteiger partial charge on any atom is -0.465 e. The van der Waals surface area contributed by atoms with Gasteiger partial charge in [-0.1, -0.05) is 13.0 Å². The van der Waals surface area contributed by atoms with Crippen molar-refractivity contribution in [2.45, 2.75) is 23.6 Å². The number of esters is 1. The Morgan fingerprint density at radius 2 is 1.65 bits per heavy atom. The summed E-state index contributed by atoms with van der Waals surface area (Å²) in [5.74, 6) is -0.687. The van der Waals surface area contributed by atoms with Gasteiger partial charge < -0.3 is 4.74 Å². The van der Waals surface area contributed by atoms with E-state index < -0.39 is 25.8 Å². The largest absolute Gasteiger partial charge is 0.465 e. The molecule has 0 saturated heterocycles. The Bertz CT molecular complexity index is 1030. The molecule has 0 atom stereocenters. The van der Waals surface area contributed by atoms with Gasteiger partial charge >= 0.3 is 5.97 Å². The molecule has 0 aliphatic heterocycles. The number of rotatable bonds is 6. The summed E-state index contributed by atoms with van der Waals surface area (Å²) in [4.78, 5) is 11.7. The zero-order valence-corrected chi connectivity index (χ0v) is 16.1. The molecule has 0 saturated carbocycles. The lowest BCUT2D eigenvalue weighted by atomic mass is 10.1. The van der Waals surface area contributed by atoms with Crippen LogP contribution in [0, 0.1) is 6.92 Å². The molecule has 0 aliphatic rings. The zero-order chi connectivity index (χ0) is 19.5. The highest BCUT2D eigenvalue weighted by Crippen LogP contribution is 2.22. The van der Waals surface area contributed by atoms with Gasteiger partial charge in [-0.3, -0.25) is 4.72 Å². The van der Waals surface area contributed by atoms with Gasteiger partial charge in [-0.15, -0.1) is 0 Å². The van der Waals surface area contributed by atoms with Crippen molar-refractivity contribution in [2.24, 2.45) is 0 Å².